The number of carbonyl (C=O) groups is 1. The summed E-state index contributed by atoms with van der Waals surface area (Å²) < 4.78 is 5.61. The maximum absolute atomic E-state index is 12.6. The highest BCUT2D eigenvalue weighted by atomic mass is 35.5. The summed E-state index contributed by atoms with van der Waals surface area (Å²) in [6.45, 7) is 6.17. The molecule has 0 saturated carbocycles. The number of aromatic nitrogens is 2. The van der Waals surface area contributed by atoms with Gasteiger partial charge in [-0.3, -0.25) is 4.79 Å². The molecular weight excluding hydrogens is 376 g/mol. The Kier molecular flexibility index (Phi) is 6.11. The number of nitrogens with zero attached hydrogens (tertiary/aromatic N) is 2. The summed E-state index contributed by atoms with van der Waals surface area (Å²) in [5, 5.41) is 6.53. The van der Waals surface area contributed by atoms with Gasteiger partial charge in [-0.2, -0.15) is 0 Å². The van der Waals surface area contributed by atoms with Crippen LogP contribution in [0, 0.1) is 13.8 Å². The molecule has 7 heteroatoms. The zero-order valence-electron chi connectivity index (χ0n) is 15.9. The number of ether oxygens (including phenoxy) is 1. The van der Waals surface area contributed by atoms with Crippen molar-refractivity contribution in [3.63, 3.8) is 0 Å². The number of nitrogens with one attached hydrogen (secondary N) is 2. The third-order valence-electron chi connectivity index (χ3n) is 3.95. The molecule has 0 spiro atoms. The van der Waals surface area contributed by atoms with Crippen LogP contribution < -0.4 is 15.4 Å². The van der Waals surface area contributed by atoms with Crippen molar-refractivity contribution in [1.29, 1.82) is 0 Å². The number of amides is 1. The summed E-state index contributed by atoms with van der Waals surface area (Å²) in [6.07, 6.45) is 0. The maximum atomic E-state index is 12.6. The number of rotatable bonds is 6. The molecule has 0 fully saturated rings. The van der Waals surface area contributed by atoms with E-state index < -0.39 is 0 Å². The highest BCUT2D eigenvalue weighted by Crippen LogP contribution is 2.26. The van der Waals surface area contributed by atoms with Crippen molar-refractivity contribution in [3.05, 3.63) is 70.5 Å². The van der Waals surface area contributed by atoms with Gasteiger partial charge < -0.3 is 15.4 Å². The topological polar surface area (TPSA) is 76.1 Å². The molecule has 1 heterocycles. The third-order valence-corrected chi connectivity index (χ3v) is 4.36. The lowest BCUT2D eigenvalue weighted by molar-refractivity contribution is 0.102. The number of halogens is 1. The van der Waals surface area contributed by atoms with E-state index in [1.54, 1.807) is 25.1 Å². The highest BCUT2D eigenvalue weighted by Gasteiger charge is 2.13. The van der Waals surface area contributed by atoms with Crippen LogP contribution in [0.25, 0.3) is 0 Å². The van der Waals surface area contributed by atoms with Crippen molar-refractivity contribution in [2.45, 2.75) is 20.8 Å². The van der Waals surface area contributed by atoms with Gasteiger partial charge in [-0.1, -0.05) is 29.8 Å². The normalized spacial score (nSPS) is 10.4. The molecule has 0 atom stereocenters. The lowest BCUT2D eigenvalue weighted by atomic mass is 10.2. The minimum atomic E-state index is -0.341. The summed E-state index contributed by atoms with van der Waals surface area (Å²) in [5.74, 6) is 0.668. The van der Waals surface area contributed by atoms with Gasteiger partial charge in [0.25, 0.3) is 5.91 Å². The van der Waals surface area contributed by atoms with E-state index in [0.29, 0.717) is 34.7 Å². The van der Waals surface area contributed by atoms with Crippen LogP contribution in [0.1, 0.15) is 28.7 Å². The minimum absolute atomic E-state index is 0.251. The summed E-state index contributed by atoms with van der Waals surface area (Å²) in [6, 6.07) is 14.5. The molecule has 0 unspecified atom stereocenters. The first-order valence-electron chi connectivity index (χ1n) is 8.88. The number of hydrogen-bond acceptors (Lipinski definition) is 5. The summed E-state index contributed by atoms with van der Waals surface area (Å²) in [4.78, 5) is 21.3. The molecule has 3 rings (SSSR count). The Morgan fingerprint density at radius 2 is 1.89 bits per heavy atom. The predicted octanol–water partition coefficient (Wildman–Crippen LogP) is 5.14. The molecule has 0 aliphatic rings. The molecule has 144 valence electrons. The fourth-order valence-electron chi connectivity index (χ4n) is 2.58. The smallest absolute Gasteiger partial charge is 0.274 e. The van der Waals surface area contributed by atoms with Crippen LogP contribution in [0.5, 0.6) is 5.75 Å². The molecule has 1 amide bonds. The Morgan fingerprint density at radius 1 is 1.11 bits per heavy atom. The van der Waals surface area contributed by atoms with Crippen molar-refractivity contribution < 1.29 is 9.53 Å². The number of hydrogen-bond donors (Lipinski definition) is 2. The molecule has 0 aliphatic heterocycles. The van der Waals surface area contributed by atoms with Crippen LogP contribution in [-0.2, 0) is 0 Å². The quantitative estimate of drug-likeness (QED) is 0.603. The van der Waals surface area contributed by atoms with E-state index in [-0.39, 0.29) is 11.6 Å². The van der Waals surface area contributed by atoms with Gasteiger partial charge >= 0.3 is 0 Å². The van der Waals surface area contributed by atoms with E-state index in [2.05, 4.69) is 20.6 Å². The van der Waals surface area contributed by atoms with Crippen LogP contribution in [0.3, 0.4) is 0 Å². The van der Waals surface area contributed by atoms with E-state index in [1.807, 2.05) is 44.2 Å². The van der Waals surface area contributed by atoms with E-state index in [0.717, 1.165) is 11.3 Å². The van der Waals surface area contributed by atoms with Gasteiger partial charge in [-0.25, -0.2) is 9.97 Å². The van der Waals surface area contributed by atoms with E-state index in [9.17, 15) is 4.79 Å². The second-order valence-electron chi connectivity index (χ2n) is 6.19. The van der Waals surface area contributed by atoms with Crippen molar-refractivity contribution in [2.24, 2.45) is 0 Å². The molecule has 0 bridgehead atoms. The fraction of sp³-hybridized carbons (Fsp3) is 0.190. The van der Waals surface area contributed by atoms with E-state index in [1.165, 1.54) is 0 Å². The molecular formula is C21H21ClN4O2. The molecule has 3 aromatic rings. The van der Waals surface area contributed by atoms with Crippen LogP contribution in [0.2, 0.25) is 5.02 Å². The molecule has 1 aromatic heterocycles. The molecule has 2 aromatic carbocycles. The monoisotopic (exact) mass is 396 g/mol. The fourth-order valence-corrected chi connectivity index (χ4v) is 2.76. The molecule has 0 radical (unpaired) electrons. The Balaban J connectivity index is 1.83. The molecule has 0 aliphatic carbocycles. The lowest BCUT2D eigenvalue weighted by Gasteiger charge is -2.12. The van der Waals surface area contributed by atoms with Gasteiger partial charge in [-0.15, -0.1) is 0 Å². The first kappa shape index (κ1) is 19.6. The predicted molar refractivity (Wildman–Crippen MR) is 112 cm³/mol. The zero-order chi connectivity index (χ0) is 20.1. The molecule has 6 nitrogen and oxygen atoms in total. The average Bonchev–Trinajstić information content (AvgIpc) is 2.66. The lowest BCUT2D eigenvalue weighted by Crippen LogP contribution is -2.15. The summed E-state index contributed by atoms with van der Waals surface area (Å²) >= 11 is 6.13. The van der Waals surface area contributed by atoms with Crippen molar-refractivity contribution in [2.75, 3.05) is 17.2 Å². The number of aryl methyl sites for hydroxylation is 2. The number of benzene rings is 2. The zero-order valence-corrected chi connectivity index (χ0v) is 16.7. The highest BCUT2D eigenvalue weighted by molar-refractivity contribution is 6.31. The molecule has 2 N–H and O–H groups in total. The summed E-state index contributed by atoms with van der Waals surface area (Å²) in [5.41, 5.74) is 3.19. The standard InChI is InChI=1S/C21H21ClN4O2/c1-4-28-19-8-6-5-7-17(19)25-21-23-14(3)11-18(26-21)20(27)24-15-10-9-13(2)16(22)12-15/h5-12H,4H2,1-3H3,(H,24,27)(H,23,25,26). The Hall–Kier alpha value is -3.12. The Morgan fingerprint density at radius 3 is 2.64 bits per heavy atom. The summed E-state index contributed by atoms with van der Waals surface area (Å²) in [7, 11) is 0. The SMILES string of the molecule is CCOc1ccccc1Nc1nc(C)cc(C(=O)Nc2ccc(C)c(Cl)c2)n1. The van der Waals surface area contributed by atoms with Crippen molar-refractivity contribution >= 4 is 34.8 Å². The number of carbonyl (C=O) groups excluding carboxylic acids is 1. The second-order valence-corrected chi connectivity index (χ2v) is 6.60. The second kappa shape index (κ2) is 8.71. The van der Waals surface area contributed by atoms with Crippen molar-refractivity contribution in [3.8, 4) is 5.75 Å². The Bertz CT molecular complexity index is 1010. The van der Waals surface area contributed by atoms with Crippen LogP contribution >= 0.6 is 11.6 Å². The third kappa shape index (κ3) is 4.78. The van der Waals surface area contributed by atoms with Gasteiger partial charge in [0.15, 0.2) is 0 Å². The molecule has 0 saturated heterocycles. The van der Waals surface area contributed by atoms with Crippen molar-refractivity contribution in [1.82, 2.24) is 9.97 Å². The van der Waals surface area contributed by atoms with Gasteiger partial charge in [-0.05, 0) is 56.7 Å². The maximum Gasteiger partial charge on any atom is 0.274 e. The molecule has 28 heavy (non-hydrogen) atoms. The first-order chi connectivity index (χ1) is 13.5. The van der Waals surface area contributed by atoms with Crippen LogP contribution in [-0.4, -0.2) is 22.5 Å². The Labute approximate surface area is 168 Å². The van der Waals surface area contributed by atoms with Crippen LogP contribution in [0.15, 0.2) is 48.5 Å². The van der Waals surface area contributed by atoms with E-state index in [4.69, 9.17) is 16.3 Å². The number of anilines is 3. The van der Waals surface area contributed by atoms with E-state index >= 15 is 0 Å². The first-order valence-corrected chi connectivity index (χ1v) is 9.26. The minimum Gasteiger partial charge on any atom is -0.492 e. The van der Waals surface area contributed by atoms with Gasteiger partial charge in [0, 0.05) is 16.4 Å². The van der Waals surface area contributed by atoms with Crippen LogP contribution in [0.4, 0.5) is 17.3 Å². The largest absolute Gasteiger partial charge is 0.492 e. The number of para-hydroxylation sites is 2. The van der Waals surface area contributed by atoms with Gasteiger partial charge in [0.1, 0.15) is 11.4 Å². The average molecular weight is 397 g/mol. The van der Waals surface area contributed by atoms with Gasteiger partial charge in [0.05, 0.1) is 12.3 Å². The van der Waals surface area contributed by atoms with Gasteiger partial charge in [0.2, 0.25) is 5.95 Å².